The van der Waals surface area contributed by atoms with Crippen molar-refractivity contribution in [2.45, 2.75) is 39.0 Å². The molecule has 1 aliphatic carbocycles. The van der Waals surface area contributed by atoms with Gasteiger partial charge in [0.05, 0.1) is 13.0 Å². The topological polar surface area (TPSA) is 26.3 Å². The first-order valence-corrected chi connectivity index (χ1v) is 6.80. The molecule has 0 spiro atoms. The summed E-state index contributed by atoms with van der Waals surface area (Å²) in [5.41, 5.74) is 2.70. The molecule has 2 rings (SSSR count). The van der Waals surface area contributed by atoms with Crippen molar-refractivity contribution in [2.75, 3.05) is 7.11 Å². The molecular weight excluding hydrogens is 224 g/mol. The Balaban J connectivity index is 1.95. The fraction of sp³-hybridized carbons (Fsp3) is 0.562. The molecule has 18 heavy (non-hydrogen) atoms. The van der Waals surface area contributed by atoms with Crippen molar-refractivity contribution in [2.24, 2.45) is 11.8 Å². The van der Waals surface area contributed by atoms with Crippen LogP contribution < -0.4 is 0 Å². The maximum absolute atomic E-state index is 11.4. The smallest absolute Gasteiger partial charge is 0.308 e. The van der Waals surface area contributed by atoms with Gasteiger partial charge in [0.2, 0.25) is 0 Å². The van der Waals surface area contributed by atoms with Crippen LogP contribution in [0, 0.1) is 18.8 Å². The molecule has 2 nitrogen and oxygen atoms in total. The van der Waals surface area contributed by atoms with E-state index in [0.29, 0.717) is 11.8 Å². The minimum atomic E-state index is -0.0289. The van der Waals surface area contributed by atoms with Gasteiger partial charge in [-0.15, -0.1) is 0 Å². The molecule has 0 bridgehead atoms. The Kier molecular flexibility index (Phi) is 4.05. The molecule has 0 radical (unpaired) electrons. The van der Waals surface area contributed by atoms with Gasteiger partial charge in [-0.05, 0) is 43.6 Å². The number of benzene rings is 1. The van der Waals surface area contributed by atoms with E-state index in [2.05, 4.69) is 38.1 Å². The van der Waals surface area contributed by atoms with Gasteiger partial charge in [0.1, 0.15) is 0 Å². The zero-order chi connectivity index (χ0) is 13.1. The molecule has 2 heteroatoms. The van der Waals surface area contributed by atoms with Crippen molar-refractivity contribution in [3.05, 3.63) is 35.4 Å². The van der Waals surface area contributed by atoms with Gasteiger partial charge in [-0.3, -0.25) is 4.79 Å². The Morgan fingerprint density at radius 2 is 2.06 bits per heavy atom. The lowest BCUT2D eigenvalue weighted by atomic mass is 9.90. The van der Waals surface area contributed by atoms with Crippen molar-refractivity contribution in [1.82, 2.24) is 0 Å². The van der Waals surface area contributed by atoms with Crippen molar-refractivity contribution in [1.29, 1.82) is 0 Å². The number of carbonyl (C=O) groups is 1. The minimum absolute atomic E-state index is 0.0289. The Labute approximate surface area is 109 Å². The molecule has 3 unspecified atom stereocenters. The van der Waals surface area contributed by atoms with E-state index in [0.717, 1.165) is 19.3 Å². The Morgan fingerprint density at radius 3 is 2.61 bits per heavy atom. The predicted octanol–water partition coefficient (Wildman–Crippen LogP) is 3.69. The first-order chi connectivity index (χ1) is 8.65. The summed E-state index contributed by atoms with van der Waals surface area (Å²) in [5.74, 6) is 1.24. The van der Waals surface area contributed by atoms with Gasteiger partial charge < -0.3 is 4.74 Å². The number of rotatable bonds is 5. The van der Waals surface area contributed by atoms with Crippen LogP contribution in [0.3, 0.4) is 0 Å². The van der Waals surface area contributed by atoms with E-state index in [9.17, 15) is 4.79 Å². The van der Waals surface area contributed by atoms with E-state index < -0.39 is 0 Å². The molecule has 0 aromatic heterocycles. The van der Waals surface area contributed by atoms with Crippen LogP contribution in [0.15, 0.2) is 24.3 Å². The van der Waals surface area contributed by atoms with Crippen LogP contribution in [-0.4, -0.2) is 13.1 Å². The molecule has 0 N–H and O–H groups in total. The van der Waals surface area contributed by atoms with Crippen LogP contribution in [0.5, 0.6) is 0 Å². The molecule has 3 atom stereocenters. The summed E-state index contributed by atoms with van der Waals surface area (Å²) < 4.78 is 4.80. The largest absolute Gasteiger partial charge is 0.469 e. The molecular formula is C16H22O2. The van der Waals surface area contributed by atoms with E-state index in [1.165, 1.54) is 18.2 Å². The molecule has 1 aliphatic rings. The number of hydrogen-bond acceptors (Lipinski definition) is 2. The SMILES string of the molecule is CCC(CC1CC1C(=O)OC)c1ccc(C)cc1. The molecule has 1 aromatic rings. The number of carbonyl (C=O) groups excluding carboxylic acids is 1. The summed E-state index contributed by atoms with van der Waals surface area (Å²) in [6.45, 7) is 4.33. The zero-order valence-electron chi connectivity index (χ0n) is 11.5. The maximum Gasteiger partial charge on any atom is 0.308 e. The third-order valence-electron chi connectivity index (χ3n) is 4.06. The number of esters is 1. The number of aryl methyl sites for hydroxylation is 1. The third-order valence-corrected chi connectivity index (χ3v) is 4.06. The van der Waals surface area contributed by atoms with E-state index >= 15 is 0 Å². The van der Waals surface area contributed by atoms with Crippen LogP contribution in [0.25, 0.3) is 0 Å². The first-order valence-electron chi connectivity index (χ1n) is 6.80. The van der Waals surface area contributed by atoms with E-state index in [4.69, 9.17) is 4.74 Å². The van der Waals surface area contributed by atoms with E-state index in [-0.39, 0.29) is 11.9 Å². The maximum atomic E-state index is 11.4. The Bertz CT molecular complexity index is 408. The molecule has 0 aliphatic heterocycles. The summed E-state index contributed by atoms with van der Waals surface area (Å²) in [6.07, 6.45) is 3.25. The standard InChI is InChI=1S/C16H22O2/c1-4-12(13-7-5-11(2)6-8-13)9-14-10-15(14)16(17)18-3/h5-8,12,14-15H,4,9-10H2,1-3H3. The molecule has 1 fully saturated rings. The molecule has 0 heterocycles. The van der Waals surface area contributed by atoms with Crippen LogP contribution >= 0.6 is 0 Å². The van der Waals surface area contributed by atoms with Crippen molar-refractivity contribution >= 4 is 5.97 Å². The fourth-order valence-electron chi connectivity index (χ4n) is 2.69. The summed E-state index contributed by atoms with van der Waals surface area (Å²) in [6, 6.07) is 8.78. The van der Waals surface area contributed by atoms with Crippen molar-refractivity contribution in [3.8, 4) is 0 Å². The average molecular weight is 246 g/mol. The Hall–Kier alpha value is -1.31. The normalized spacial score (nSPS) is 23.5. The van der Waals surface area contributed by atoms with Gasteiger partial charge >= 0.3 is 5.97 Å². The van der Waals surface area contributed by atoms with E-state index in [1.807, 2.05) is 0 Å². The van der Waals surface area contributed by atoms with Gasteiger partial charge in [0.25, 0.3) is 0 Å². The van der Waals surface area contributed by atoms with Crippen LogP contribution in [0.1, 0.15) is 43.2 Å². The van der Waals surface area contributed by atoms with Crippen LogP contribution in [0.2, 0.25) is 0 Å². The third kappa shape index (κ3) is 2.92. The van der Waals surface area contributed by atoms with Crippen molar-refractivity contribution < 1.29 is 9.53 Å². The second-order valence-corrected chi connectivity index (χ2v) is 5.38. The lowest BCUT2D eigenvalue weighted by Gasteiger charge is -2.15. The van der Waals surface area contributed by atoms with Crippen LogP contribution in [-0.2, 0) is 9.53 Å². The molecule has 0 amide bonds. The second kappa shape index (κ2) is 5.55. The number of ether oxygens (including phenoxy) is 1. The Morgan fingerprint density at radius 1 is 1.39 bits per heavy atom. The average Bonchev–Trinajstić information content (AvgIpc) is 3.15. The predicted molar refractivity (Wildman–Crippen MR) is 72.4 cm³/mol. The molecule has 0 saturated heterocycles. The summed E-state index contributed by atoms with van der Waals surface area (Å²) in [5, 5.41) is 0. The summed E-state index contributed by atoms with van der Waals surface area (Å²) in [4.78, 5) is 11.4. The quantitative estimate of drug-likeness (QED) is 0.741. The highest BCUT2D eigenvalue weighted by Crippen LogP contribution is 2.46. The highest BCUT2D eigenvalue weighted by molar-refractivity contribution is 5.75. The van der Waals surface area contributed by atoms with Gasteiger partial charge in [-0.25, -0.2) is 0 Å². The van der Waals surface area contributed by atoms with Crippen LogP contribution in [0.4, 0.5) is 0 Å². The van der Waals surface area contributed by atoms with Gasteiger partial charge in [-0.1, -0.05) is 36.8 Å². The highest BCUT2D eigenvalue weighted by Gasteiger charge is 2.44. The summed E-state index contributed by atoms with van der Waals surface area (Å²) in [7, 11) is 1.48. The first kappa shape index (κ1) is 13.1. The number of hydrogen-bond donors (Lipinski definition) is 0. The number of methoxy groups -OCH3 is 1. The highest BCUT2D eigenvalue weighted by atomic mass is 16.5. The molecule has 1 aromatic carbocycles. The monoisotopic (exact) mass is 246 g/mol. The summed E-state index contributed by atoms with van der Waals surface area (Å²) >= 11 is 0. The van der Waals surface area contributed by atoms with E-state index in [1.54, 1.807) is 0 Å². The van der Waals surface area contributed by atoms with Gasteiger partial charge in [-0.2, -0.15) is 0 Å². The lowest BCUT2D eigenvalue weighted by molar-refractivity contribution is -0.142. The lowest BCUT2D eigenvalue weighted by Crippen LogP contribution is -2.06. The zero-order valence-corrected chi connectivity index (χ0v) is 11.5. The van der Waals surface area contributed by atoms with Gasteiger partial charge in [0, 0.05) is 0 Å². The second-order valence-electron chi connectivity index (χ2n) is 5.38. The minimum Gasteiger partial charge on any atom is -0.469 e. The molecule has 98 valence electrons. The molecule has 1 saturated carbocycles. The van der Waals surface area contributed by atoms with Crippen molar-refractivity contribution in [3.63, 3.8) is 0 Å². The fourth-order valence-corrected chi connectivity index (χ4v) is 2.69. The van der Waals surface area contributed by atoms with Gasteiger partial charge in [0.15, 0.2) is 0 Å².